The Kier molecular flexibility index (Phi) is 4.35. The van der Waals surface area contributed by atoms with Gasteiger partial charge in [-0.2, -0.15) is 12.6 Å². The molecule has 0 radical (unpaired) electrons. The van der Waals surface area contributed by atoms with Gasteiger partial charge in [0.15, 0.2) is 5.13 Å². The quantitative estimate of drug-likeness (QED) is 0.516. The van der Waals surface area contributed by atoms with Gasteiger partial charge in [-0.25, -0.2) is 4.98 Å². The highest BCUT2D eigenvalue weighted by Gasteiger charge is 2.15. The van der Waals surface area contributed by atoms with Gasteiger partial charge in [0, 0.05) is 24.4 Å². The number of thiazole rings is 1. The first-order valence-corrected chi connectivity index (χ1v) is 7.02. The fourth-order valence-corrected chi connectivity index (χ4v) is 2.76. The molecule has 1 N–H and O–H groups in total. The van der Waals surface area contributed by atoms with E-state index in [1.54, 1.807) is 17.5 Å². The summed E-state index contributed by atoms with van der Waals surface area (Å²) >= 11 is 5.77. The zero-order valence-corrected chi connectivity index (χ0v) is 12.1. The molecule has 0 aliphatic rings. The average Bonchev–Trinajstić information content (AvgIpc) is 2.85. The van der Waals surface area contributed by atoms with Gasteiger partial charge in [0.05, 0.1) is 15.9 Å². The van der Waals surface area contributed by atoms with Gasteiger partial charge in [-0.1, -0.05) is 12.1 Å². The molecule has 0 aliphatic heterocycles. The number of nitrogens with zero attached hydrogens (tertiary/aromatic N) is 2. The van der Waals surface area contributed by atoms with Crippen molar-refractivity contribution in [1.29, 1.82) is 0 Å². The summed E-state index contributed by atoms with van der Waals surface area (Å²) in [6.45, 7) is 1.41. The van der Waals surface area contributed by atoms with Gasteiger partial charge in [0.25, 0.3) is 5.69 Å². The van der Waals surface area contributed by atoms with Crippen molar-refractivity contribution in [2.75, 3.05) is 5.32 Å². The highest BCUT2D eigenvalue weighted by molar-refractivity contribution is 7.80. The number of nitro benzene ring substituents is 1. The molecule has 0 spiro atoms. The molecule has 2 aromatic rings. The molecule has 1 aromatic carbocycles. The number of hydrogen-bond acceptors (Lipinski definition) is 6. The fraction of sp³-hybridized carbons (Fsp3) is 0.167. The molecule has 1 aromatic heterocycles. The van der Waals surface area contributed by atoms with E-state index in [4.69, 9.17) is 0 Å². The van der Waals surface area contributed by atoms with Crippen molar-refractivity contribution in [3.63, 3.8) is 0 Å². The van der Waals surface area contributed by atoms with Gasteiger partial charge >= 0.3 is 0 Å². The van der Waals surface area contributed by atoms with Crippen molar-refractivity contribution >= 4 is 40.7 Å². The van der Waals surface area contributed by atoms with Gasteiger partial charge < -0.3 is 5.32 Å². The van der Waals surface area contributed by atoms with Crippen molar-refractivity contribution in [1.82, 2.24) is 4.98 Å². The van der Waals surface area contributed by atoms with Crippen LogP contribution in [0.3, 0.4) is 0 Å². The molecule has 1 heterocycles. The van der Waals surface area contributed by atoms with Crippen molar-refractivity contribution in [2.24, 2.45) is 0 Å². The SMILES string of the molecule is CC(=O)Nc1nc(C(S)c2ccc([N+](=O)[O-])cc2)cs1. The maximum Gasteiger partial charge on any atom is 0.269 e. The number of nitro groups is 1. The molecule has 0 saturated heterocycles. The number of hydrogen-bond donors (Lipinski definition) is 2. The second-order valence-electron chi connectivity index (χ2n) is 4.01. The molecule has 8 heteroatoms. The summed E-state index contributed by atoms with van der Waals surface area (Å²) in [6, 6.07) is 6.15. The first kappa shape index (κ1) is 14.5. The van der Waals surface area contributed by atoms with Crippen molar-refractivity contribution in [2.45, 2.75) is 12.2 Å². The highest BCUT2D eigenvalue weighted by Crippen LogP contribution is 2.31. The van der Waals surface area contributed by atoms with Crippen molar-refractivity contribution in [3.05, 3.63) is 51.0 Å². The standard InChI is InChI=1S/C12H11N3O3S2/c1-7(16)13-12-14-10(6-20-12)11(19)8-2-4-9(5-3-8)15(17)18/h2-6,11,19H,1H3,(H,13,14,16). The summed E-state index contributed by atoms with van der Waals surface area (Å²) in [5, 5.41) is 15.2. The largest absolute Gasteiger partial charge is 0.302 e. The van der Waals surface area contributed by atoms with Crippen LogP contribution in [0, 0.1) is 10.1 Å². The van der Waals surface area contributed by atoms with Crippen LogP contribution in [0.5, 0.6) is 0 Å². The monoisotopic (exact) mass is 309 g/mol. The molecule has 20 heavy (non-hydrogen) atoms. The Morgan fingerprint density at radius 3 is 2.65 bits per heavy atom. The van der Waals surface area contributed by atoms with Gasteiger partial charge in [-0.05, 0) is 5.56 Å². The molecular weight excluding hydrogens is 298 g/mol. The molecule has 104 valence electrons. The summed E-state index contributed by atoms with van der Waals surface area (Å²) in [7, 11) is 0. The highest BCUT2D eigenvalue weighted by atomic mass is 32.1. The summed E-state index contributed by atoms with van der Waals surface area (Å²) in [6.07, 6.45) is 0. The van der Waals surface area contributed by atoms with Crippen LogP contribution in [0.4, 0.5) is 10.8 Å². The van der Waals surface area contributed by atoms with Crippen LogP contribution < -0.4 is 5.32 Å². The molecule has 0 aliphatic carbocycles. The maximum absolute atomic E-state index is 10.9. The zero-order chi connectivity index (χ0) is 14.7. The molecule has 0 fully saturated rings. The summed E-state index contributed by atoms with van der Waals surface area (Å²) in [5.41, 5.74) is 1.53. The third-order valence-electron chi connectivity index (χ3n) is 2.50. The van der Waals surface area contributed by atoms with Gasteiger partial charge in [0.1, 0.15) is 0 Å². The van der Waals surface area contributed by atoms with Crippen molar-refractivity contribution < 1.29 is 9.72 Å². The first-order chi connectivity index (χ1) is 9.47. The molecule has 0 bridgehead atoms. The minimum atomic E-state index is -0.449. The lowest BCUT2D eigenvalue weighted by molar-refractivity contribution is -0.384. The van der Waals surface area contributed by atoms with Gasteiger partial charge in [-0.3, -0.25) is 14.9 Å². The Labute approximate surface area is 124 Å². The number of rotatable bonds is 4. The number of benzene rings is 1. The predicted molar refractivity (Wildman–Crippen MR) is 80.3 cm³/mol. The first-order valence-electron chi connectivity index (χ1n) is 5.63. The lowest BCUT2D eigenvalue weighted by Crippen LogP contribution is -2.05. The number of anilines is 1. The molecule has 1 unspecified atom stereocenters. The second kappa shape index (κ2) is 6.02. The zero-order valence-electron chi connectivity index (χ0n) is 10.4. The lowest BCUT2D eigenvalue weighted by atomic mass is 10.1. The molecule has 1 amide bonds. The Balaban J connectivity index is 2.17. The molecule has 2 rings (SSSR count). The predicted octanol–water partition coefficient (Wildman–Crippen LogP) is 3.03. The smallest absolute Gasteiger partial charge is 0.269 e. The number of thiol groups is 1. The van der Waals surface area contributed by atoms with Crippen LogP contribution in [-0.2, 0) is 4.79 Å². The Morgan fingerprint density at radius 2 is 2.10 bits per heavy atom. The van der Waals surface area contributed by atoms with Crippen LogP contribution in [0.15, 0.2) is 29.6 Å². The van der Waals surface area contributed by atoms with E-state index in [1.807, 2.05) is 0 Å². The summed E-state index contributed by atoms with van der Waals surface area (Å²) < 4.78 is 0. The van der Waals surface area contributed by atoms with Crippen LogP contribution in [0.2, 0.25) is 0 Å². The third kappa shape index (κ3) is 3.34. The van der Waals surface area contributed by atoms with E-state index in [0.29, 0.717) is 10.8 Å². The Hall–Kier alpha value is -1.93. The van der Waals surface area contributed by atoms with Crippen LogP contribution in [-0.4, -0.2) is 15.8 Å². The third-order valence-corrected chi connectivity index (χ3v) is 3.84. The van der Waals surface area contributed by atoms with E-state index in [2.05, 4.69) is 22.9 Å². The summed E-state index contributed by atoms with van der Waals surface area (Å²) in [5.74, 6) is -0.183. The Bertz CT molecular complexity index is 640. The minimum absolute atomic E-state index is 0.0338. The van der Waals surface area contributed by atoms with Crippen LogP contribution >= 0.6 is 24.0 Å². The van der Waals surface area contributed by atoms with Gasteiger partial charge in [0.2, 0.25) is 5.91 Å². The number of carbonyl (C=O) groups excluding carboxylic acids is 1. The van der Waals surface area contributed by atoms with E-state index in [9.17, 15) is 14.9 Å². The van der Waals surface area contributed by atoms with E-state index >= 15 is 0 Å². The van der Waals surface area contributed by atoms with E-state index in [0.717, 1.165) is 5.56 Å². The number of nitrogens with one attached hydrogen (secondary N) is 1. The summed E-state index contributed by atoms with van der Waals surface area (Å²) in [4.78, 5) is 25.3. The number of carbonyl (C=O) groups is 1. The van der Waals surface area contributed by atoms with Gasteiger partial charge in [-0.15, -0.1) is 11.3 Å². The van der Waals surface area contributed by atoms with E-state index in [1.165, 1.54) is 30.4 Å². The molecule has 6 nitrogen and oxygen atoms in total. The Morgan fingerprint density at radius 1 is 1.45 bits per heavy atom. The van der Waals surface area contributed by atoms with Crippen LogP contribution in [0.25, 0.3) is 0 Å². The number of non-ortho nitro benzene ring substituents is 1. The number of aromatic nitrogens is 1. The molecule has 1 atom stereocenters. The van der Waals surface area contributed by atoms with Crippen LogP contribution in [0.1, 0.15) is 23.4 Å². The number of amides is 1. The normalized spacial score (nSPS) is 11.9. The maximum atomic E-state index is 10.9. The molecular formula is C12H11N3O3S2. The lowest BCUT2D eigenvalue weighted by Gasteiger charge is -2.07. The minimum Gasteiger partial charge on any atom is -0.302 e. The van der Waals surface area contributed by atoms with E-state index < -0.39 is 4.92 Å². The second-order valence-corrected chi connectivity index (χ2v) is 5.38. The average molecular weight is 309 g/mol. The van der Waals surface area contributed by atoms with E-state index in [-0.39, 0.29) is 16.8 Å². The van der Waals surface area contributed by atoms with Crippen molar-refractivity contribution in [3.8, 4) is 0 Å². The fourth-order valence-electron chi connectivity index (χ4n) is 1.57. The topological polar surface area (TPSA) is 85.1 Å². The molecule has 0 saturated carbocycles.